The van der Waals surface area contributed by atoms with Crippen molar-refractivity contribution in [2.24, 2.45) is 0 Å². The fraction of sp³-hybridized carbons (Fsp3) is 0.174. The third-order valence-corrected chi connectivity index (χ3v) is 6.42. The van der Waals surface area contributed by atoms with Crippen molar-refractivity contribution in [3.8, 4) is 0 Å². The lowest BCUT2D eigenvalue weighted by molar-refractivity contribution is 0.0940. The van der Waals surface area contributed by atoms with Crippen molar-refractivity contribution in [1.82, 2.24) is 5.32 Å². The molecule has 1 unspecified atom stereocenters. The lowest BCUT2D eigenvalue weighted by Gasteiger charge is -2.16. The van der Waals surface area contributed by atoms with E-state index in [0.717, 1.165) is 11.1 Å². The second-order valence-electron chi connectivity index (χ2n) is 7.19. The highest BCUT2D eigenvalue weighted by molar-refractivity contribution is 7.92. The van der Waals surface area contributed by atoms with Crippen LogP contribution in [0.15, 0.2) is 71.6 Å². The number of anilines is 1. The van der Waals surface area contributed by atoms with Crippen molar-refractivity contribution < 1.29 is 13.2 Å². The van der Waals surface area contributed by atoms with Crippen molar-refractivity contribution in [2.45, 2.75) is 31.7 Å². The third kappa shape index (κ3) is 5.20. The van der Waals surface area contributed by atoms with Crippen LogP contribution in [0.1, 0.15) is 40.0 Å². The second-order valence-corrected chi connectivity index (χ2v) is 9.31. The smallest absolute Gasteiger partial charge is 0.261 e. The van der Waals surface area contributed by atoms with Crippen LogP contribution in [-0.4, -0.2) is 14.3 Å². The van der Waals surface area contributed by atoms with Gasteiger partial charge in [-0.05, 0) is 74.4 Å². The minimum atomic E-state index is -3.75. The Hall–Kier alpha value is -2.83. The highest BCUT2D eigenvalue weighted by atomic mass is 35.5. The van der Waals surface area contributed by atoms with Gasteiger partial charge in [-0.3, -0.25) is 9.52 Å². The van der Waals surface area contributed by atoms with Gasteiger partial charge in [-0.15, -0.1) is 0 Å². The number of carbonyl (C=O) groups excluding carboxylic acids is 1. The quantitative estimate of drug-likeness (QED) is 0.547. The van der Waals surface area contributed by atoms with Crippen molar-refractivity contribution in [3.63, 3.8) is 0 Å². The lowest BCUT2D eigenvalue weighted by Crippen LogP contribution is -2.26. The normalized spacial score (nSPS) is 12.3. The van der Waals surface area contributed by atoms with Crippen LogP contribution in [-0.2, 0) is 10.0 Å². The molecule has 0 aliphatic carbocycles. The van der Waals surface area contributed by atoms with Crippen molar-refractivity contribution in [1.29, 1.82) is 0 Å². The number of sulfonamides is 1. The molecule has 0 aliphatic heterocycles. The molecule has 0 aliphatic rings. The minimum Gasteiger partial charge on any atom is -0.346 e. The van der Waals surface area contributed by atoms with Crippen LogP contribution >= 0.6 is 11.6 Å². The van der Waals surface area contributed by atoms with Gasteiger partial charge in [0.25, 0.3) is 15.9 Å². The molecule has 0 saturated carbocycles. The maximum Gasteiger partial charge on any atom is 0.261 e. The molecule has 2 N–H and O–H groups in total. The number of halogens is 1. The fourth-order valence-electron chi connectivity index (χ4n) is 2.96. The zero-order valence-electron chi connectivity index (χ0n) is 16.9. The van der Waals surface area contributed by atoms with Crippen LogP contribution in [0.3, 0.4) is 0 Å². The standard InChI is InChI=1S/C23H23ClN2O3S/c1-15-4-6-18(7-5-15)17(3)25-23(27)19-8-13-22(16(2)14-19)26-30(28,29)21-11-9-20(24)10-12-21/h4-14,17,26H,1-3H3,(H,25,27). The molecule has 5 nitrogen and oxygen atoms in total. The first-order valence-electron chi connectivity index (χ1n) is 9.42. The maximum absolute atomic E-state index is 12.6. The Morgan fingerprint density at radius 3 is 2.17 bits per heavy atom. The maximum atomic E-state index is 12.6. The summed E-state index contributed by atoms with van der Waals surface area (Å²) in [4.78, 5) is 12.7. The molecule has 3 aromatic rings. The van der Waals surface area contributed by atoms with Crippen LogP contribution in [0.5, 0.6) is 0 Å². The van der Waals surface area contributed by atoms with Gasteiger partial charge in [0.05, 0.1) is 16.6 Å². The molecule has 0 aromatic heterocycles. The molecule has 3 rings (SSSR count). The number of hydrogen-bond donors (Lipinski definition) is 2. The van der Waals surface area contributed by atoms with Crippen LogP contribution in [0.4, 0.5) is 5.69 Å². The van der Waals surface area contributed by atoms with E-state index in [9.17, 15) is 13.2 Å². The number of hydrogen-bond acceptors (Lipinski definition) is 3. The Morgan fingerprint density at radius 1 is 0.933 bits per heavy atom. The van der Waals surface area contributed by atoms with Gasteiger partial charge in [-0.25, -0.2) is 8.42 Å². The number of rotatable bonds is 6. The molecule has 3 aromatic carbocycles. The van der Waals surface area contributed by atoms with Gasteiger partial charge in [0.15, 0.2) is 0 Å². The molecule has 1 amide bonds. The Morgan fingerprint density at radius 2 is 1.57 bits per heavy atom. The van der Waals surface area contributed by atoms with Crippen molar-refractivity contribution in [3.05, 3.63) is 94.0 Å². The summed E-state index contributed by atoms with van der Waals surface area (Å²) in [5, 5.41) is 3.43. The average Bonchev–Trinajstić information content (AvgIpc) is 2.70. The largest absolute Gasteiger partial charge is 0.346 e. The van der Waals surface area contributed by atoms with Gasteiger partial charge in [-0.1, -0.05) is 41.4 Å². The van der Waals surface area contributed by atoms with E-state index >= 15 is 0 Å². The number of nitrogens with one attached hydrogen (secondary N) is 2. The molecule has 0 fully saturated rings. The highest BCUT2D eigenvalue weighted by Crippen LogP contribution is 2.22. The molecular formula is C23H23ClN2O3S. The summed E-state index contributed by atoms with van der Waals surface area (Å²) in [6, 6.07) is 18.6. The topological polar surface area (TPSA) is 75.3 Å². The second kappa shape index (κ2) is 8.90. The Kier molecular flexibility index (Phi) is 6.48. The van der Waals surface area contributed by atoms with E-state index in [0.29, 0.717) is 21.8 Å². The summed E-state index contributed by atoms with van der Waals surface area (Å²) in [6.45, 7) is 5.68. The molecule has 0 heterocycles. The molecule has 7 heteroatoms. The van der Waals surface area contributed by atoms with E-state index in [1.54, 1.807) is 25.1 Å². The minimum absolute atomic E-state index is 0.111. The van der Waals surface area contributed by atoms with E-state index in [1.165, 1.54) is 24.3 Å². The Labute approximate surface area is 182 Å². The zero-order chi connectivity index (χ0) is 21.9. The summed E-state index contributed by atoms with van der Waals surface area (Å²) in [5.41, 5.74) is 3.68. The monoisotopic (exact) mass is 442 g/mol. The fourth-order valence-corrected chi connectivity index (χ4v) is 4.21. The van der Waals surface area contributed by atoms with Gasteiger partial charge in [0.2, 0.25) is 0 Å². The van der Waals surface area contributed by atoms with Crippen molar-refractivity contribution in [2.75, 3.05) is 4.72 Å². The van der Waals surface area contributed by atoms with Gasteiger partial charge in [0.1, 0.15) is 0 Å². The molecule has 0 radical (unpaired) electrons. The van der Waals surface area contributed by atoms with E-state index in [4.69, 9.17) is 11.6 Å². The number of amides is 1. The van der Waals surface area contributed by atoms with Gasteiger partial charge < -0.3 is 5.32 Å². The summed E-state index contributed by atoms with van der Waals surface area (Å²) < 4.78 is 27.7. The molecule has 0 bridgehead atoms. The number of aryl methyl sites for hydroxylation is 2. The molecule has 156 valence electrons. The zero-order valence-corrected chi connectivity index (χ0v) is 18.5. The summed E-state index contributed by atoms with van der Waals surface area (Å²) >= 11 is 5.82. The summed E-state index contributed by atoms with van der Waals surface area (Å²) in [6.07, 6.45) is 0. The van der Waals surface area contributed by atoms with Crippen LogP contribution in [0.2, 0.25) is 5.02 Å². The van der Waals surface area contributed by atoms with Crippen LogP contribution in [0.25, 0.3) is 0 Å². The third-order valence-electron chi connectivity index (χ3n) is 4.78. The van der Waals surface area contributed by atoms with E-state index < -0.39 is 10.0 Å². The number of benzene rings is 3. The Bertz CT molecular complexity index is 1160. The Balaban J connectivity index is 1.73. The molecule has 0 saturated heterocycles. The average molecular weight is 443 g/mol. The van der Waals surface area contributed by atoms with E-state index in [-0.39, 0.29) is 16.8 Å². The lowest BCUT2D eigenvalue weighted by atomic mass is 10.1. The molecule has 0 spiro atoms. The predicted octanol–water partition coefficient (Wildman–Crippen LogP) is 5.25. The van der Waals surface area contributed by atoms with Crippen LogP contribution in [0, 0.1) is 13.8 Å². The molecule has 30 heavy (non-hydrogen) atoms. The van der Waals surface area contributed by atoms with E-state index in [1.807, 2.05) is 38.1 Å². The first-order valence-corrected chi connectivity index (χ1v) is 11.3. The van der Waals surface area contributed by atoms with Gasteiger partial charge >= 0.3 is 0 Å². The SMILES string of the molecule is Cc1ccc(C(C)NC(=O)c2ccc(NS(=O)(=O)c3ccc(Cl)cc3)c(C)c2)cc1. The van der Waals surface area contributed by atoms with Crippen molar-refractivity contribution >= 4 is 33.2 Å². The van der Waals surface area contributed by atoms with Crippen LogP contribution < -0.4 is 10.0 Å². The molecule has 1 atom stereocenters. The molecular weight excluding hydrogens is 420 g/mol. The number of carbonyl (C=O) groups is 1. The van der Waals surface area contributed by atoms with Gasteiger partial charge in [-0.2, -0.15) is 0 Å². The summed E-state index contributed by atoms with van der Waals surface area (Å²) in [5.74, 6) is -0.224. The highest BCUT2D eigenvalue weighted by Gasteiger charge is 2.17. The van der Waals surface area contributed by atoms with E-state index in [2.05, 4.69) is 10.0 Å². The first kappa shape index (κ1) is 21.9. The predicted molar refractivity (Wildman–Crippen MR) is 120 cm³/mol. The summed E-state index contributed by atoms with van der Waals surface area (Å²) in [7, 11) is -3.75. The first-order chi connectivity index (χ1) is 14.2. The van der Waals surface area contributed by atoms with Gasteiger partial charge in [0, 0.05) is 10.6 Å².